The van der Waals surface area contributed by atoms with Gasteiger partial charge < -0.3 is 77.1 Å². The molecule has 1 saturated carbocycles. The summed E-state index contributed by atoms with van der Waals surface area (Å²) in [4.78, 5) is 136. The van der Waals surface area contributed by atoms with Crippen molar-refractivity contribution < 1.29 is 118 Å². The number of aromatic nitrogens is 5. The van der Waals surface area contributed by atoms with Crippen LogP contribution in [0.3, 0.4) is 0 Å². The Balaban J connectivity index is 0.00000863. The van der Waals surface area contributed by atoms with Gasteiger partial charge in [-0.1, -0.05) is 53.2 Å². The van der Waals surface area contributed by atoms with Gasteiger partial charge in [0.2, 0.25) is 11.5 Å². The highest BCUT2D eigenvalue weighted by atomic mass is 19.4. The van der Waals surface area contributed by atoms with Crippen molar-refractivity contribution in [3.63, 3.8) is 0 Å². The molecule has 3 N–H and O–H groups in total. The number of ketones is 3. The second-order valence-corrected chi connectivity index (χ2v) is 27.6. The molecule has 0 bridgehead atoms. The Morgan fingerprint density at radius 3 is 1.91 bits per heavy atom. The number of nitrogens with zero attached hydrogens (tertiary/aromatic N) is 6. The minimum atomic E-state index is -5.10. The third kappa shape index (κ3) is 28.0. The largest absolute Gasteiger partial charge is 0.509 e. The summed E-state index contributed by atoms with van der Waals surface area (Å²) in [5.41, 5.74) is 1.41. The molecule has 0 radical (unpaired) electrons. The Labute approximate surface area is 649 Å². The van der Waals surface area contributed by atoms with Gasteiger partial charge in [-0.15, -0.1) is 5.10 Å². The van der Waals surface area contributed by atoms with Gasteiger partial charge in [-0.25, -0.2) is 19.3 Å². The number of alkyl halides is 3. The molecule has 3 atom stereocenters. The number of Topliss-reactive ketones (excluding diaryl/α,β-unsaturated/α-hetero) is 3. The predicted octanol–water partition coefficient (Wildman–Crippen LogP) is 7.12. The second-order valence-electron chi connectivity index (χ2n) is 27.6. The quantitative estimate of drug-likeness (QED) is 0.0198. The summed E-state index contributed by atoms with van der Waals surface area (Å²) in [6.45, 7) is 15.7. The van der Waals surface area contributed by atoms with Gasteiger partial charge in [-0.3, -0.25) is 43.3 Å². The number of carbonyl (C=O) groups is 9. The predicted molar refractivity (Wildman–Crippen MR) is 396 cm³/mol. The first-order valence-electron chi connectivity index (χ1n) is 38.8. The number of amides is 4. The van der Waals surface area contributed by atoms with Crippen molar-refractivity contribution in [2.45, 2.75) is 169 Å². The molecule has 3 unspecified atom stereocenters. The van der Waals surface area contributed by atoms with E-state index in [0.717, 1.165) is 47.9 Å². The molecular weight excluding hydrogens is 1470 g/mol. The Morgan fingerprint density at radius 1 is 0.723 bits per heavy atom. The van der Waals surface area contributed by atoms with E-state index in [4.69, 9.17) is 61.8 Å². The van der Waals surface area contributed by atoms with E-state index < -0.39 is 97.8 Å². The van der Waals surface area contributed by atoms with E-state index in [0.29, 0.717) is 148 Å². The number of fused-ring (bicyclic) bond motifs is 5. The van der Waals surface area contributed by atoms with Gasteiger partial charge in [-0.05, 0) is 99.5 Å². The van der Waals surface area contributed by atoms with Gasteiger partial charge in [0.1, 0.15) is 38.0 Å². The molecule has 3 aliphatic heterocycles. The molecule has 1 aliphatic carbocycles. The number of aryl methyl sites for hydroxylation is 2. The number of hydrogen-bond donors (Lipinski definition) is 3. The monoisotopic (exact) mass is 1580 g/mol. The SMILES string of the molecule is CC.CCc1c2c(nc3ccc(O)cc13)-c1cc3c(c(=O)n1C2)COC(=O)C3(CC)OC(=O)OCC(NC(=O)C(CCCCNC(=O)C(F)(F)F)CC(=O)COCC(=O)CCCOCCOCCOCCOCCOCCOCCOCCOCCn1cc(CCC(=O)C2CCC(CN3C(=O)C=CC3=O)CC2)nn1)C(C)C. The maximum absolute atomic E-state index is 14.2. The normalized spacial score (nSPS) is 17.0. The third-order valence-electron chi connectivity index (χ3n) is 19.4. The molecule has 112 heavy (non-hydrogen) atoms. The zero-order valence-electron chi connectivity index (χ0n) is 65.0. The summed E-state index contributed by atoms with van der Waals surface area (Å²) in [5.74, 6) is -6.13. The first kappa shape index (κ1) is 90.7. The van der Waals surface area contributed by atoms with Crippen molar-refractivity contribution in [1.29, 1.82) is 0 Å². The van der Waals surface area contributed by atoms with E-state index in [2.05, 4.69) is 15.6 Å². The highest BCUT2D eigenvalue weighted by molar-refractivity contribution is 6.12. The number of rotatable bonds is 53. The average molecular weight is 1580 g/mol. The lowest BCUT2D eigenvalue weighted by atomic mass is 9.79. The van der Waals surface area contributed by atoms with Gasteiger partial charge in [-0.2, -0.15) is 13.2 Å². The number of imide groups is 1. The molecule has 34 heteroatoms. The van der Waals surface area contributed by atoms with Gasteiger partial charge >= 0.3 is 24.2 Å². The van der Waals surface area contributed by atoms with E-state index in [9.17, 15) is 66.2 Å². The van der Waals surface area contributed by atoms with E-state index in [1.165, 1.54) is 27.7 Å². The number of unbranched alkanes of at least 4 members (excludes halogenated alkanes) is 1. The summed E-state index contributed by atoms with van der Waals surface area (Å²) in [6.07, 6.45) is 2.63. The number of carbonyl (C=O) groups excluding carboxylic acids is 9. The lowest BCUT2D eigenvalue weighted by Gasteiger charge is -2.35. The van der Waals surface area contributed by atoms with Gasteiger partial charge in [0.25, 0.3) is 17.4 Å². The molecule has 0 spiro atoms. The number of hydrogen-bond acceptors (Lipinski definition) is 26. The number of phenols is 1. The summed E-state index contributed by atoms with van der Waals surface area (Å²) in [6, 6.07) is 5.48. The Morgan fingerprint density at radius 2 is 1.32 bits per heavy atom. The molecule has 1 aromatic carbocycles. The molecule has 4 amide bonds. The van der Waals surface area contributed by atoms with Crippen LogP contribution in [0.1, 0.15) is 147 Å². The van der Waals surface area contributed by atoms with Crippen molar-refractivity contribution in [3.05, 3.63) is 80.9 Å². The van der Waals surface area contributed by atoms with Gasteiger partial charge in [0, 0.05) is 92.1 Å². The van der Waals surface area contributed by atoms with Crippen molar-refractivity contribution in [3.8, 4) is 17.1 Å². The summed E-state index contributed by atoms with van der Waals surface area (Å²) < 4.78 is 109. The molecule has 31 nitrogen and oxygen atoms in total. The number of ether oxygens (including phenoxy) is 12. The molecule has 3 aromatic heterocycles. The Kier molecular flexibility index (Phi) is 38.3. The molecular formula is C78H109F3N8O23. The number of cyclic esters (lactones) is 1. The standard InChI is InChI=1S/C76H103F3N8O23.C2H6/c1-5-58-59-41-55(88)17-18-63(59)81-69-60(58)45-86-65(69)42-62-61(71(86)95)48-108-73(97)75(62,6-2)110-74(98)109-49-64(50(3)4)82-70(94)53(10-7-8-22-80-72(96)76(77,78)79)40-57(90)47-107-46-56(89)11-9-24-99-26-28-101-30-32-103-34-36-105-38-39-106-37-35-104-33-31-102-29-27-100-25-23-85-44-54(83-84-85)16-19-66(91)52-14-12-51(13-15-52)43-87-67(92)20-21-68(87)93;1-2/h17-18,20-21,41-42,44,50-53,64,88H,5-16,19,22-40,43,45-49H2,1-4H3,(H,80,96)(H,82,94);1-2H3. The molecule has 4 aliphatic rings. The van der Waals surface area contributed by atoms with Gasteiger partial charge in [0.15, 0.2) is 11.6 Å². The lowest BCUT2D eigenvalue weighted by molar-refractivity contribution is -0.175. The number of halogens is 3. The molecule has 620 valence electrons. The first-order chi connectivity index (χ1) is 54.0. The zero-order chi connectivity index (χ0) is 81.0. The van der Waals surface area contributed by atoms with Crippen molar-refractivity contribution in [2.75, 3.05) is 139 Å². The minimum absolute atomic E-state index is 0.00726. The van der Waals surface area contributed by atoms with Crippen LogP contribution >= 0.6 is 0 Å². The van der Waals surface area contributed by atoms with Crippen LogP contribution in [0, 0.1) is 23.7 Å². The van der Waals surface area contributed by atoms with Crippen LogP contribution in [-0.4, -0.2) is 238 Å². The van der Waals surface area contributed by atoms with Crippen LogP contribution in [0.25, 0.3) is 22.3 Å². The maximum Gasteiger partial charge on any atom is 0.509 e. The zero-order valence-corrected chi connectivity index (χ0v) is 65.0. The van der Waals surface area contributed by atoms with E-state index >= 15 is 0 Å². The Hall–Kier alpha value is -8.48. The number of esters is 1. The van der Waals surface area contributed by atoms with Crippen molar-refractivity contribution in [2.24, 2.45) is 23.7 Å². The van der Waals surface area contributed by atoms with Crippen LogP contribution in [0.5, 0.6) is 5.75 Å². The van der Waals surface area contributed by atoms with Gasteiger partial charge in [0.05, 0.1) is 146 Å². The van der Waals surface area contributed by atoms with Crippen molar-refractivity contribution in [1.82, 2.24) is 40.1 Å². The van der Waals surface area contributed by atoms with Crippen LogP contribution in [-0.2, 0) is 133 Å². The third-order valence-corrected chi connectivity index (χ3v) is 19.4. The number of phenolic OH excluding ortho intramolecular Hbond substituents is 1. The number of aromatic hydroxyl groups is 1. The fourth-order valence-electron chi connectivity index (χ4n) is 13.3. The smallest absolute Gasteiger partial charge is 0.508 e. The number of benzene rings is 1. The highest BCUT2D eigenvalue weighted by Gasteiger charge is 2.51. The van der Waals surface area contributed by atoms with E-state index in [1.807, 2.05) is 27.0 Å². The summed E-state index contributed by atoms with van der Waals surface area (Å²) in [5, 5.41) is 23.9. The fourth-order valence-corrected chi connectivity index (χ4v) is 13.3. The average Bonchev–Trinajstić information content (AvgIpc) is 1.53. The summed E-state index contributed by atoms with van der Waals surface area (Å²) in [7, 11) is 0. The van der Waals surface area contributed by atoms with Crippen LogP contribution < -0.4 is 16.2 Å². The lowest BCUT2D eigenvalue weighted by Crippen LogP contribution is -2.48. The highest BCUT2D eigenvalue weighted by Crippen LogP contribution is 2.43. The molecule has 8 rings (SSSR count). The van der Waals surface area contributed by atoms with Crippen LogP contribution in [0.4, 0.5) is 18.0 Å². The van der Waals surface area contributed by atoms with E-state index in [1.54, 1.807) is 49.0 Å². The first-order valence-corrected chi connectivity index (χ1v) is 38.8. The number of pyridine rings is 2. The fraction of sp³-hybridized carbons (Fsp3) is 0.654. The molecule has 4 aromatic rings. The molecule has 1 fully saturated rings. The maximum atomic E-state index is 14.2. The van der Waals surface area contributed by atoms with Crippen LogP contribution in [0.15, 0.2) is 47.4 Å². The second kappa shape index (κ2) is 47.3. The molecule has 0 saturated heterocycles. The summed E-state index contributed by atoms with van der Waals surface area (Å²) >= 11 is 0. The Bertz CT molecular complexity index is 3820. The topological polar surface area (TPSA) is 378 Å². The van der Waals surface area contributed by atoms with Crippen molar-refractivity contribution >= 4 is 64.0 Å². The molecule has 6 heterocycles. The number of nitrogens with one attached hydrogen (secondary N) is 2. The minimum Gasteiger partial charge on any atom is -0.508 e. The van der Waals surface area contributed by atoms with E-state index in [-0.39, 0.29) is 111 Å². The van der Waals surface area contributed by atoms with Crippen LogP contribution in [0.2, 0.25) is 0 Å².